The van der Waals surface area contributed by atoms with E-state index in [1.807, 2.05) is 30.3 Å². The van der Waals surface area contributed by atoms with Gasteiger partial charge in [0.2, 0.25) is 0 Å². The van der Waals surface area contributed by atoms with Crippen molar-refractivity contribution in [3.8, 4) is 0 Å². The van der Waals surface area contributed by atoms with Crippen LogP contribution in [0.4, 0.5) is 5.69 Å². The molecule has 0 spiro atoms. The van der Waals surface area contributed by atoms with E-state index in [2.05, 4.69) is 5.32 Å². The van der Waals surface area contributed by atoms with Crippen molar-refractivity contribution in [2.45, 2.75) is 32.3 Å². The number of aliphatic hydroxyl groups is 1. The van der Waals surface area contributed by atoms with Crippen molar-refractivity contribution in [1.82, 2.24) is 0 Å². The number of aliphatic hydroxyl groups excluding tert-OH is 1. The second kappa shape index (κ2) is 5.38. The second-order valence-corrected chi connectivity index (χ2v) is 6.27. The van der Waals surface area contributed by atoms with Crippen molar-refractivity contribution in [3.63, 3.8) is 0 Å². The van der Waals surface area contributed by atoms with E-state index in [1.54, 1.807) is 18.3 Å². The molecule has 1 aliphatic rings. The Morgan fingerprint density at radius 1 is 1.35 bits per heavy atom. The molecule has 2 aromatic rings. The maximum atomic E-state index is 12.3. The Kier molecular flexibility index (Phi) is 3.59. The minimum absolute atomic E-state index is 0.0856. The zero-order chi connectivity index (χ0) is 14.1. The number of fused-ring (bicyclic) bond motifs is 1. The van der Waals surface area contributed by atoms with E-state index in [0.29, 0.717) is 5.69 Å². The molecule has 3 nitrogen and oxygen atoms in total. The molecule has 0 aliphatic heterocycles. The summed E-state index contributed by atoms with van der Waals surface area (Å²) in [5.41, 5.74) is 2.75. The third kappa shape index (κ3) is 2.49. The van der Waals surface area contributed by atoms with Crippen molar-refractivity contribution < 1.29 is 9.90 Å². The van der Waals surface area contributed by atoms with Crippen LogP contribution in [-0.4, -0.2) is 11.0 Å². The van der Waals surface area contributed by atoms with Crippen LogP contribution in [0.5, 0.6) is 0 Å². The molecular formula is C16H17NO2S. The van der Waals surface area contributed by atoms with E-state index in [0.717, 1.165) is 23.3 Å². The number of nitrogens with one attached hydrogen (secondary N) is 1. The minimum Gasteiger partial charge on any atom is -0.389 e. The molecule has 1 unspecified atom stereocenters. The third-order valence-electron chi connectivity index (χ3n) is 3.63. The van der Waals surface area contributed by atoms with E-state index in [-0.39, 0.29) is 5.91 Å². The van der Waals surface area contributed by atoms with Crippen LogP contribution in [0.15, 0.2) is 30.3 Å². The summed E-state index contributed by atoms with van der Waals surface area (Å²) in [6, 6.07) is 9.37. The third-order valence-corrected chi connectivity index (χ3v) is 4.87. The lowest BCUT2D eigenvalue weighted by atomic mass is 10.1. The van der Waals surface area contributed by atoms with Gasteiger partial charge in [-0.05, 0) is 43.9 Å². The van der Waals surface area contributed by atoms with Crippen LogP contribution in [0, 0.1) is 0 Å². The molecular weight excluding hydrogens is 270 g/mol. The highest BCUT2D eigenvalue weighted by Crippen LogP contribution is 2.31. The first-order chi connectivity index (χ1) is 9.65. The van der Waals surface area contributed by atoms with E-state index < -0.39 is 6.10 Å². The summed E-state index contributed by atoms with van der Waals surface area (Å²) in [7, 11) is 0. The number of benzene rings is 1. The summed E-state index contributed by atoms with van der Waals surface area (Å²) < 4.78 is 0. The zero-order valence-electron chi connectivity index (χ0n) is 11.3. The number of carbonyl (C=O) groups excluding carboxylic acids is 1. The average Bonchev–Trinajstić information content (AvgIpc) is 2.99. The number of amides is 1. The summed E-state index contributed by atoms with van der Waals surface area (Å²) in [5, 5.41) is 12.6. The number of thiophene rings is 1. The standard InChI is InChI=1S/C16H17NO2S/c1-10(18)12-6-2-3-7-13(12)17-16(19)15-9-11-5-4-8-14(11)20-15/h2-3,6-7,9-10,18H,4-5,8H2,1H3,(H,17,19). The first-order valence-electron chi connectivity index (χ1n) is 6.85. The van der Waals surface area contributed by atoms with Gasteiger partial charge in [0, 0.05) is 16.1 Å². The molecule has 20 heavy (non-hydrogen) atoms. The number of rotatable bonds is 3. The van der Waals surface area contributed by atoms with Crippen LogP contribution in [-0.2, 0) is 12.8 Å². The molecule has 4 heteroatoms. The first-order valence-corrected chi connectivity index (χ1v) is 7.66. The largest absolute Gasteiger partial charge is 0.389 e. The predicted octanol–water partition coefficient (Wildman–Crippen LogP) is 3.54. The van der Waals surface area contributed by atoms with Crippen molar-refractivity contribution in [3.05, 3.63) is 51.2 Å². The average molecular weight is 287 g/mol. The molecule has 1 aromatic heterocycles. The van der Waals surface area contributed by atoms with Crippen molar-refractivity contribution in [2.75, 3.05) is 5.32 Å². The molecule has 2 N–H and O–H groups in total. The summed E-state index contributed by atoms with van der Waals surface area (Å²) in [4.78, 5) is 14.4. The molecule has 0 radical (unpaired) electrons. The Morgan fingerprint density at radius 2 is 2.15 bits per heavy atom. The van der Waals surface area contributed by atoms with Crippen molar-refractivity contribution >= 4 is 22.9 Å². The van der Waals surface area contributed by atoms with E-state index in [9.17, 15) is 9.90 Å². The van der Waals surface area contributed by atoms with Crippen LogP contribution in [0.3, 0.4) is 0 Å². The van der Waals surface area contributed by atoms with Crippen molar-refractivity contribution in [1.29, 1.82) is 0 Å². The normalized spacial score (nSPS) is 14.9. The van der Waals surface area contributed by atoms with Gasteiger partial charge in [-0.15, -0.1) is 11.3 Å². The van der Waals surface area contributed by atoms with Gasteiger partial charge in [0.15, 0.2) is 0 Å². The number of para-hydroxylation sites is 1. The maximum Gasteiger partial charge on any atom is 0.265 e. The molecule has 1 aromatic carbocycles. The van der Waals surface area contributed by atoms with Gasteiger partial charge in [-0.2, -0.15) is 0 Å². The number of hydrogen-bond acceptors (Lipinski definition) is 3. The second-order valence-electron chi connectivity index (χ2n) is 5.13. The van der Waals surface area contributed by atoms with Crippen LogP contribution >= 0.6 is 11.3 Å². The molecule has 0 bridgehead atoms. The Bertz CT molecular complexity index is 624. The highest BCUT2D eigenvalue weighted by Gasteiger charge is 2.19. The van der Waals surface area contributed by atoms with Crippen LogP contribution in [0.25, 0.3) is 0 Å². The number of carbonyl (C=O) groups is 1. The Hall–Kier alpha value is -1.65. The van der Waals surface area contributed by atoms with Gasteiger partial charge in [-0.25, -0.2) is 0 Å². The van der Waals surface area contributed by atoms with Crippen molar-refractivity contribution in [2.24, 2.45) is 0 Å². The lowest BCUT2D eigenvalue weighted by Gasteiger charge is -2.12. The van der Waals surface area contributed by atoms with E-state index in [4.69, 9.17) is 0 Å². The topological polar surface area (TPSA) is 49.3 Å². The molecule has 1 aliphatic carbocycles. The molecule has 1 heterocycles. The van der Waals surface area contributed by atoms with E-state index in [1.165, 1.54) is 16.9 Å². The number of anilines is 1. The lowest BCUT2D eigenvalue weighted by molar-refractivity contribution is 0.103. The fourth-order valence-electron chi connectivity index (χ4n) is 2.60. The summed E-state index contributed by atoms with van der Waals surface area (Å²) in [5.74, 6) is -0.0856. The molecule has 104 valence electrons. The maximum absolute atomic E-state index is 12.3. The van der Waals surface area contributed by atoms with Crippen LogP contribution in [0.2, 0.25) is 0 Å². The molecule has 0 fully saturated rings. The Balaban J connectivity index is 1.82. The highest BCUT2D eigenvalue weighted by atomic mass is 32.1. The first kappa shape index (κ1) is 13.3. The smallest absolute Gasteiger partial charge is 0.265 e. The molecule has 0 saturated heterocycles. The number of hydrogen-bond donors (Lipinski definition) is 2. The van der Waals surface area contributed by atoms with Gasteiger partial charge >= 0.3 is 0 Å². The fraction of sp³-hybridized carbons (Fsp3) is 0.312. The van der Waals surface area contributed by atoms with Gasteiger partial charge in [-0.1, -0.05) is 18.2 Å². The fourth-order valence-corrected chi connectivity index (χ4v) is 3.75. The molecule has 1 amide bonds. The van der Waals surface area contributed by atoms with Gasteiger partial charge < -0.3 is 10.4 Å². The van der Waals surface area contributed by atoms with Gasteiger partial charge in [0.05, 0.1) is 11.0 Å². The van der Waals surface area contributed by atoms with E-state index >= 15 is 0 Å². The minimum atomic E-state index is -0.597. The van der Waals surface area contributed by atoms with Crippen LogP contribution in [0.1, 0.15) is 45.1 Å². The lowest BCUT2D eigenvalue weighted by Crippen LogP contribution is -2.12. The molecule has 1 atom stereocenters. The summed E-state index contributed by atoms with van der Waals surface area (Å²) >= 11 is 1.59. The van der Waals surface area contributed by atoms with Gasteiger partial charge in [0.25, 0.3) is 5.91 Å². The summed E-state index contributed by atoms with van der Waals surface area (Å²) in [6.07, 6.45) is 2.79. The van der Waals surface area contributed by atoms with Gasteiger partial charge in [-0.3, -0.25) is 4.79 Å². The predicted molar refractivity (Wildman–Crippen MR) is 81.4 cm³/mol. The molecule has 0 saturated carbocycles. The highest BCUT2D eigenvalue weighted by molar-refractivity contribution is 7.14. The molecule has 3 rings (SSSR count). The Labute approximate surface area is 122 Å². The Morgan fingerprint density at radius 3 is 2.90 bits per heavy atom. The quantitative estimate of drug-likeness (QED) is 0.907. The monoisotopic (exact) mass is 287 g/mol. The SMILES string of the molecule is CC(O)c1ccccc1NC(=O)c1cc2c(s1)CCC2. The number of aryl methyl sites for hydroxylation is 2. The van der Waals surface area contributed by atoms with Gasteiger partial charge in [0.1, 0.15) is 0 Å². The van der Waals surface area contributed by atoms with Crippen LogP contribution < -0.4 is 5.32 Å². The summed E-state index contributed by atoms with van der Waals surface area (Å²) in [6.45, 7) is 1.70. The zero-order valence-corrected chi connectivity index (χ0v) is 12.2.